The second kappa shape index (κ2) is 9.38. The Morgan fingerprint density at radius 3 is 2.70 bits per heavy atom. The molecule has 0 saturated heterocycles. The van der Waals surface area contributed by atoms with E-state index in [0.29, 0.717) is 36.1 Å². The van der Waals surface area contributed by atoms with Gasteiger partial charge >= 0.3 is 12.3 Å². The molecule has 1 amide bonds. The normalized spacial score (nSPS) is 16.1. The Hall–Kier alpha value is -3.15. The number of alkyl halides is 3. The highest BCUT2D eigenvalue weighted by Gasteiger charge is 2.51. The van der Waals surface area contributed by atoms with Gasteiger partial charge in [-0.25, -0.2) is 4.79 Å². The maximum absolute atomic E-state index is 13.0. The Morgan fingerprint density at radius 1 is 1.33 bits per heavy atom. The zero-order valence-electron chi connectivity index (χ0n) is 18.8. The second-order valence-electron chi connectivity index (χ2n) is 7.99. The molecule has 12 heteroatoms. The van der Waals surface area contributed by atoms with Gasteiger partial charge in [0.15, 0.2) is 0 Å². The fraction of sp³-hybridized carbons (Fsp3) is 0.524. The Labute approximate surface area is 189 Å². The van der Waals surface area contributed by atoms with E-state index in [2.05, 4.69) is 15.2 Å². The highest BCUT2D eigenvalue weighted by molar-refractivity contribution is 5.87. The molecule has 0 bridgehead atoms. The van der Waals surface area contributed by atoms with Crippen molar-refractivity contribution < 1.29 is 37.3 Å². The molecule has 3 rings (SSSR count). The van der Waals surface area contributed by atoms with Crippen LogP contribution >= 0.6 is 0 Å². The zero-order chi connectivity index (χ0) is 24.4. The predicted molar refractivity (Wildman–Crippen MR) is 114 cm³/mol. The van der Waals surface area contributed by atoms with Crippen LogP contribution in [0, 0.1) is 0 Å². The summed E-state index contributed by atoms with van der Waals surface area (Å²) in [6.07, 6.45) is -4.36. The first kappa shape index (κ1) is 24.5. The summed E-state index contributed by atoms with van der Waals surface area (Å²) in [5, 5.41) is 15.8. The van der Waals surface area contributed by atoms with E-state index in [1.165, 1.54) is 6.07 Å². The van der Waals surface area contributed by atoms with E-state index in [-0.39, 0.29) is 25.0 Å². The Kier molecular flexibility index (Phi) is 6.96. The first-order valence-corrected chi connectivity index (χ1v) is 10.4. The van der Waals surface area contributed by atoms with E-state index in [1.807, 2.05) is 18.7 Å². The molecule has 0 fully saturated rings. The van der Waals surface area contributed by atoms with Crippen molar-refractivity contribution in [1.82, 2.24) is 9.78 Å². The van der Waals surface area contributed by atoms with Crippen LogP contribution in [0.15, 0.2) is 24.4 Å². The number of rotatable bonds is 7. The summed E-state index contributed by atoms with van der Waals surface area (Å²) >= 11 is 0. The summed E-state index contributed by atoms with van der Waals surface area (Å²) < 4.78 is 56.8. The van der Waals surface area contributed by atoms with Crippen LogP contribution in [0.25, 0.3) is 0 Å². The van der Waals surface area contributed by atoms with Crippen LogP contribution < -0.4 is 19.7 Å². The molecule has 1 aliphatic rings. The fourth-order valence-corrected chi connectivity index (χ4v) is 3.16. The van der Waals surface area contributed by atoms with Gasteiger partial charge in [0.25, 0.3) is 5.88 Å². The van der Waals surface area contributed by atoms with Gasteiger partial charge < -0.3 is 24.2 Å². The number of carbonyl (C=O) groups excluding carboxylic acids is 1. The highest BCUT2D eigenvalue weighted by Crippen LogP contribution is 2.43. The number of aryl methyl sites for hydroxylation is 1. The van der Waals surface area contributed by atoms with Gasteiger partial charge in [0.05, 0.1) is 25.0 Å². The highest BCUT2D eigenvalue weighted by atomic mass is 19.4. The summed E-state index contributed by atoms with van der Waals surface area (Å²) in [5.74, 6) is 0.830. The molecule has 0 radical (unpaired) electrons. The Morgan fingerprint density at radius 2 is 2.06 bits per heavy atom. The molecule has 1 aliphatic heterocycles. The van der Waals surface area contributed by atoms with Crippen LogP contribution in [0.1, 0.15) is 27.7 Å². The van der Waals surface area contributed by atoms with E-state index in [0.717, 1.165) is 13.8 Å². The third-order valence-corrected chi connectivity index (χ3v) is 4.95. The number of aliphatic hydroxyl groups excluding tert-OH is 1. The number of anilines is 3. The smallest absolute Gasteiger partial charge is 0.427 e. The van der Waals surface area contributed by atoms with Crippen molar-refractivity contribution in [1.29, 1.82) is 0 Å². The molecule has 0 saturated carbocycles. The van der Waals surface area contributed by atoms with Gasteiger partial charge in [-0.3, -0.25) is 10.00 Å². The number of amides is 1. The molecule has 9 nitrogen and oxygen atoms in total. The van der Waals surface area contributed by atoms with E-state index < -0.39 is 17.9 Å². The number of aromatic nitrogens is 2. The lowest BCUT2D eigenvalue weighted by atomic mass is 10.1. The lowest BCUT2D eigenvalue weighted by molar-refractivity contribution is -0.242. The summed E-state index contributed by atoms with van der Waals surface area (Å²) in [6.45, 7) is 6.24. The minimum absolute atomic E-state index is 0.0584. The van der Waals surface area contributed by atoms with E-state index in [9.17, 15) is 18.0 Å². The third-order valence-electron chi connectivity index (χ3n) is 4.95. The first-order valence-electron chi connectivity index (χ1n) is 10.4. The number of nitrogens with one attached hydrogen (secondary N) is 1. The largest absolute Gasteiger partial charge is 0.487 e. The van der Waals surface area contributed by atoms with Crippen LogP contribution in [0.2, 0.25) is 0 Å². The van der Waals surface area contributed by atoms with Gasteiger partial charge in [-0.2, -0.15) is 13.2 Å². The summed E-state index contributed by atoms with van der Waals surface area (Å²) in [5.41, 5.74) is -1.24. The average Bonchev–Trinajstić information content (AvgIpc) is 3.13. The summed E-state index contributed by atoms with van der Waals surface area (Å²) in [6, 6.07) is 4.69. The molecular weight excluding hydrogens is 445 g/mol. The van der Waals surface area contributed by atoms with Crippen molar-refractivity contribution in [3.8, 4) is 11.6 Å². The number of fused-ring (bicyclic) bond motifs is 1. The van der Waals surface area contributed by atoms with Crippen LogP contribution in [0.3, 0.4) is 0 Å². The van der Waals surface area contributed by atoms with E-state index in [1.54, 1.807) is 23.0 Å². The molecule has 0 aliphatic carbocycles. The second-order valence-corrected chi connectivity index (χ2v) is 7.99. The molecule has 33 heavy (non-hydrogen) atoms. The third kappa shape index (κ3) is 5.44. The molecule has 2 aromatic rings. The number of halogens is 3. The molecule has 182 valence electrons. The fourth-order valence-electron chi connectivity index (χ4n) is 3.16. The van der Waals surface area contributed by atoms with E-state index in [4.69, 9.17) is 14.6 Å². The van der Waals surface area contributed by atoms with Crippen LogP contribution in [-0.4, -0.2) is 58.6 Å². The zero-order valence-corrected chi connectivity index (χ0v) is 18.8. The standard InChI is InChI=1S/C21H27F3N4O5/c1-5-27-12-16(18(26-27)31-9-8-29)28-11-13(2)32-17-7-6-14(10-15(17)28)25-19(30)33-20(3,4)21(22,23)24/h6-7,10,12-13,29H,5,8-9,11H2,1-4H3,(H,25,30)/t13-/m0/s1. The molecule has 1 atom stereocenters. The summed E-state index contributed by atoms with van der Waals surface area (Å²) in [4.78, 5) is 14.0. The summed E-state index contributed by atoms with van der Waals surface area (Å²) in [7, 11) is 0. The number of aliphatic hydroxyl groups is 1. The van der Waals surface area contributed by atoms with Crippen LogP contribution in [0.5, 0.6) is 11.6 Å². The maximum Gasteiger partial charge on any atom is 0.427 e. The predicted octanol–water partition coefficient (Wildman–Crippen LogP) is 4.08. The number of carbonyl (C=O) groups is 1. The first-order chi connectivity index (χ1) is 15.4. The van der Waals surface area contributed by atoms with E-state index >= 15 is 0 Å². The number of benzene rings is 1. The van der Waals surface area contributed by atoms with Gasteiger partial charge in [0.2, 0.25) is 5.60 Å². The minimum atomic E-state index is -4.72. The van der Waals surface area contributed by atoms with Crippen molar-refractivity contribution in [2.75, 3.05) is 30.0 Å². The number of ether oxygens (including phenoxy) is 3. The van der Waals surface area contributed by atoms with Crippen molar-refractivity contribution in [3.63, 3.8) is 0 Å². The monoisotopic (exact) mass is 472 g/mol. The van der Waals surface area contributed by atoms with Gasteiger partial charge in [0.1, 0.15) is 24.1 Å². The SMILES string of the molecule is CCn1cc(N2C[C@H](C)Oc3ccc(NC(=O)OC(C)(C)C(F)(F)F)cc32)c(OCCO)n1. The quantitative estimate of drug-likeness (QED) is 0.627. The number of nitrogens with zero attached hydrogens (tertiary/aromatic N) is 3. The van der Waals surface area contributed by atoms with Gasteiger partial charge in [-0.15, -0.1) is 5.10 Å². The maximum atomic E-state index is 13.0. The lowest BCUT2D eigenvalue weighted by Crippen LogP contribution is -2.44. The minimum Gasteiger partial charge on any atom is -0.487 e. The molecular formula is C21H27F3N4O5. The van der Waals surface area contributed by atoms with Crippen molar-refractivity contribution in [2.24, 2.45) is 0 Å². The van der Waals surface area contributed by atoms with Crippen LogP contribution in [0.4, 0.5) is 35.0 Å². The van der Waals surface area contributed by atoms with Crippen molar-refractivity contribution >= 4 is 23.2 Å². The molecule has 0 spiro atoms. The lowest BCUT2D eigenvalue weighted by Gasteiger charge is -2.34. The molecule has 2 heterocycles. The Bertz CT molecular complexity index is 993. The molecule has 1 aromatic carbocycles. The Balaban J connectivity index is 1.90. The molecule has 1 aromatic heterocycles. The van der Waals surface area contributed by atoms with Gasteiger partial charge in [-0.1, -0.05) is 0 Å². The number of hydrogen-bond donors (Lipinski definition) is 2. The topological polar surface area (TPSA) is 98.1 Å². The van der Waals surface area contributed by atoms with Crippen LogP contribution in [-0.2, 0) is 11.3 Å². The van der Waals surface area contributed by atoms with Crippen molar-refractivity contribution in [3.05, 3.63) is 24.4 Å². The molecule has 0 unspecified atom stereocenters. The average molecular weight is 472 g/mol. The van der Waals surface area contributed by atoms with Crippen molar-refractivity contribution in [2.45, 2.75) is 52.1 Å². The van der Waals surface area contributed by atoms with Gasteiger partial charge in [0, 0.05) is 12.2 Å². The molecule has 2 N–H and O–H groups in total. The van der Waals surface area contributed by atoms with Gasteiger partial charge in [-0.05, 0) is 45.9 Å². The number of hydrogen-bond acceptors (Lipinski definition) is 7.